The molecular formula is C24H20ClN3O2S. The van der Waals surface area contributed by atoms with E-state index in [9.17, 15) is 9.59 Å². The minimum absolute atomic E-state index is 0.283. The lowest BCUT2D eigenvalue weighted by molar-refractivity contribution is 0.102. The summed E-state index contributed by atoms with van der Waals surface area (Å²) in [5.41, 5.74) is 3.82. The second-order valence-electron chi connectivity index (χ2n) is 7.23. The van der Waals surface area contributed by atoms with Gasteiger partial charge in [0.25, 0.3) is 5.91 Å². The van der Waals surface area contributed by atoms with Gasteiger partial charge in [0.15, 0.2) is 0 Å². The molecule has 0 radical (unpaired) electrons. The lowest BCUT2D eigenvalue weighted by atomic mass is 10.0. The lowest BCUT2D eigenvalue weighted by Crippen LogP contribution is -2.24. The van der Waals surface area contributed by atoms with E-state index in [-0.39, 0.29) is 17.2 Å². The topological polar surface area (TPSA) is 64.0 Å². The van der Waals surface area contributed by atoms with Crippen LogP contribution in [0.1, 0.15) is 26.5 Å². The third-order valence-electron chi connectivity index (χ3n) is 5.11. The van der Waals surface area contributed by atoms with Crippen LogP contribution in [0.15, 0.2) is 64.8 Å². The minimum Gasteiger partial charge on any atom is -0.305 e. The molecule has 0 saturated carbocycles. The summed E-state index contributed by atoms with van der Waals surface area (Å²) in [4.78, 5) is 26.7. The number of halogens is 1. The van der Waals surface area contributed by atoms with Crippen molar-refractivity contribution in [3.8, 4) is 16.8 Å². The number of nitrogens with zero attached hydrogens (tertiary/aromatic N) is 2. The highest BCUT2D eigenvalue weighted by Crippen LogP contribution is 2.32. The zero-order chi connectivity index (χ0) is 22.1. The Kier molecular flexibility index (Phi) is 5.76. The van der Waals surface area contributed by atoms with Crippen molar-refractivity contribution >= 4 is 34.7 Å². The third-order valence-corrected chi connectivity index (χ3v) is 6.31. The van der Waals surface area contributed by atoms with Crippen LogP contribution in [0, 0.1) is 20.8 Å². The molecule has 4 aromatic rings. The van der Waals surface area contributed by atoms with Crippen LogP contribution in [0.3, 0.4) is 0 Å². The molecule has 31 heavy (non-hydrogen) atoms. The fraction of sp³-hybridized carbons (Fsp3) is 0.125. The molecule has 5 nitrogen and oxygen atoms in total. The SMILES string of the molecule is Cc1ccc(-n2nc(C)c(=O)c(-c3ccccc3Cl)c2NC(=O)c2cccs2)cc1C. The van der Waals surface area contributed by atoms with Gasteiger partial charge in [0.2, 0.25) is 5.43 Å². The molecule has 0 aliphatic rings. The van der Waals surface area contributed by atoms with Gasteiger partial charge in [0, 0.05) is 10.6 Å². The van der Waals surface area contributed by atoms with Crippen LogP contribution in [0.2, 0.25) is 5.02 Å². The molecule has 0 fully saturated rings. The van der Waals surface area contributed by atoms with Crippen molar-refractivity contribution in [2.75, 3.05) is 5.32 Å². The fourth-order valence-corrected chi connectivity index (χ4v) is 4.14. The van der Waals surface area contributed by atoms with E-state index in [1.807, 2.05) is 43.5 Å². The third kappa shape index (κ3) is 4.04. The number of aromatic nitrogens is 2. The molecule has 0 unspecified atom stereocenters. The van der Waals surface area contributed by atoms with E-state index in [2.05, 4.69) is 10.4 Å². The van der Waals surface area contributed by atoms with E-state index in [0.29, 0.717) is 26.7 Å². The molecule has 0 bridgehead atoms. The summed E-state index contributed by atoms with van der Waals surface area (Å²) in [5.74, 6) is -0.0312. The summed E-state index contributed by atoms with van der Waals surface area (Å²) in [6, 6.07) is 16.5. The van der Waals surface area contributed by atoms with E-state index in [1.165, 1.54) is 11.3 Å². The Morgan fingerprint density at radius 3 is 2.48 bits per heavy atom. The van der Waals surface area contributed by atoms with E-state index < -0.39 is 0 Å². The van der Waals surface area contributed by atoms with Crippen molar-refractivity contribution in [2.45, 2.75) is 20.8 Å². The maximum atomic E-state index is 13.2. The van der Waals surface area contributed by atoms with E-state index >= 15 is 0 Å². The Labute approximate surface area is 188 Å². The number of benzene rings is 2. The van der Waals surface area contributed by atoms with Gasteiger partial charge in [-0.1, -0.05) is 41.9 Å². The molecule has 156 valence electrons. The first-order chi connectivity index (χ1) is 14.9. The van der Waals surface area contributed by atoms with Crippen LogP contribution < -0.4 is 10.7 Å². The number of anilines is 1. The molecule has 2 heterocycles. The van der Waals surface area contributed by atoms with Crippen molar-refractivity contribution in [3.63, 3.8) is 0 Å². The highest BCUT2D eigenvalue weighted by molar-refractivity contribution is 7.12. The quantitative estimate of drug-likeness (QED) is 0.428. The first kappa shape index (κ1) is 21.0. The summed E-state index contributed by atoms with van der Waals surface area (Å²) < 4.78 is 1.60. The van der Waals surface area contributed by atoms with Gasteiger partial charge in [0.05, 0.1) is 16.1 Å². The van der Waals surface area contributed by atoms with Gasteiger partial charge in [-0.2, -0.15) is 5.10 Å². The van der Waals surface area contributed by atoms with Crippen molar-refractivity contribution in [3.05, 3.63) is 96.9 Å². The molecular weight excluding hydrogens is 430 g/mol. The number of amides is 1. The molecule has 1 N–H and O–H groups in total. The number of carbonyl (C=O) groups excluding carboxylic acids is 1. The maximum Gasteiger partial charge on any atom is 0.266 e. The Morgan fingerprint density at radius 2 is 1.81 bits per heavy atom. The van der Waals surface area contributed by atoms with Gasteiger partial charge in [0.1, 0.15) is 11.5 Å². The van der Waals surface area contributed by atoms with Crippen LogP contribution in [-0.2, 0) is 0 Å². The van der Waals surface area contributed by atoms with Crippen LogP contribution in [0.5, 0.6) is 0 Å². The number of carbonyl (C=O) groups is 1. The van der Waals surface area contributed by atoms with Gasteiger partial charge in [-0.15, -0.1) is 11.3 Å². The second-order valence-corrected chi connectivity index (χ2v) is 8.58. The zero-order valence-electron chi connectivity index (χ0n) is 17.3. The molecule has 0 spiro atoms. The van der Waals surface area contributed by atoms with Crippen LogP contribution in [0.25, 0.3) is 16.8 Å². The maximum absolute atomic E-state index is 13.2. The molecule has 0 aliphatic heterocycles. The highest BCUT2D eigenvalue weighted by atomic mass is 35.5. The minimum atomic E-state index is -0.314. The second kappa shape index (κ2) is 8.49. The van der Waals surface area contributed by atoms with E-state index in [4.69, 9.17) is 11.6 Å². The van der Waals surface area contributed by atoms with Gasteiger partial charge < -0.3 is 5.32 Å². The predicted molar refractivity (Wildman–Crippen MR) is 127 cm³/mol. The Morgan fingerprint density at radius 1 is 1.03 bits per heavy atom. The highest BCUT2D eigenvalue weighted by Gasteiger charge is 2.22. The average Bonchev–Trinajstić information content (AvgIpc) is 3.29. The molecule has 2 aromatic heterocycles. The Balaban J connectivity index is 2.02. The molecule has 7 heteroatoms. The smallest absolute Gasteiger partial charge is 0.266 e. The summed E-state index contributed by atoms with van der Waals surface area (Å²) in [5, 5.41) is 9.68. The largest absolute Gasteiger partial charge is 0.305 e. The molecule has 0 atom stereocenters. The lowest BCUT2D eigenvalue weighted by Gasteiger charge is -2.19. The average molecular weight is 450 g/mol. The van der Waals surface area contributed by atoms with Crippen molar-refractivity contribution in [1.29, 1.82) is 0 Å². The first-order valence-electron chi connectivity index (χ1n) is 9.68. The first-order valence-corrected chi connectivity index (χ1v) is 10.9. The van der Waals surface area contributed by atoms with Gasteiger partial charge in [-0.3, -0.25) is 9.59 Å². The van der Waals surface area contributed by atoms with Gasteiger partial charge in [-0.25, -0.2) is 4.68 Å². The normalized spacial score (nSPS) is 10.8. The van der Waals surface area contributed by atoms with Gasteiger partial charge in [-0.05, 0) is 61.5 Å². The molecule has 4 rings (SSSR count). The monoisotopic (exact) mass is 449 g/mol. The number of hydrogen-bond acceptors (Lipinski definition) is 4. The van der Waals surface area contributed by atoms with Crippen LogP contribution in [-0.4, -0.2) is 15.7 Å². The summed E-state index contributed by atoms with van der Waals surface area (Å²) in [6.07, 6.45) is 0. The molecule has 0 aliphatic carbocycles. The predicted octanol–water partition coefficient (Wildman–Crippen LogP) is 5.79. The van der Waals surface area contributed by atoms with E-state index in [1.54, 1.807) is 41.9 Å². The van der Waals surface area contributed by atoms with Crippen LogP contribution in [0.4, 0.5) is 5.82 Å². The zero-order valence-corrected chi connectivity index (χ0v) is 18.8. The van der Waals surface area contributed by atoms with E-state index in [0.717, 1.165) is 16.8 Å². The number of aryl methyl sites for hydroxylation is 3. The van der Waals surface area contributed by atoms with Crippen molar-refractivity contribution in [2.24, 2.45) is 0 Å². The standard InChI is InChI=1S/C24H20ClN3O2S/c1-14-10-11-17(13-15(14)2)28-23(26-24(30)20-9-6-12-31-20)21(22(29)16(3)27-28)18-7-4-5-8-19(18)25/h4-13H,1-3H3,(H,26,30). The Bertz CT molecular complexity index is 1340. The van der Waals surface area contributed by atoms with Crippen LogP contribution >= 0.6 is 22.9 Å². The summed E-state index contributed by atoms with van der Waals surface area (Å²) in [6.45, 7) is 5.69. The molecule has 0 saturated heterocycles. The summed E-state index contributed by atoms with van der Waals surface area (Å²) in [7, 11) is 0. The van der Waals surface area contributed by atoms with Gasteiger partial charge >= 0.3 is 0 Å². The number of hydrogen-bond donors (Lipinski definition) is 1. The fourth-order valence-electron chi connectivity index (χ4n) is 3.29. The number of thiophene rings is 1. The molecule has 2 aromatic carbocycles. The van der Waals surface area contributed by atoms with Crippen molar-refractivity contribution < 1.29 is 4.79 Å². The molecule has 1 amide bonds. The Hall–Kier alpha value is -3.22. The number of rotatable bonds is 4. The van der Waals surface area contributed by atoms with Crippen molar-refractivity contribution in [1.82, 2.24) is 9.78 Å². The number of nitrogens with one attached hydrogen (secondary N) is 1. The summed E-state index contributed by atoms with van der Waals surface area (Å²) >= 11 is 7.78.